The van der Waals surface area contributed by atoms with Gasteiger partial charge in [0, 0.05) is 12.3 Å². The molecule has 1 fully saturated rings. The van der Waals surface area contributed by atoms with Crippen LogP contribution in [-0.4, -0.2) is 43.7 Å². The number of hydrogen-bond donors (Lipinski definition) is 1. The number of halogens is 1. The monoisotopic (exact) mass is 520 g/mol. The van der Waals surface area contributed by atoms with E-state index in [2.05, 4.69) is 15.5 Å². The van der Waals surface area contributed by atoms with Crippen molar-refractivity contribution in [3.05, 3.63) is 63.9 Å². The van der Waals surface area contributed by atoms with Crippen LogP contribution in [0.15, 0.2) is 52.0 Å². The summed E-state index contributed by atoms with van der Waals surface area (Å²) >= 11 is 13.5. The van der Waals surface area contributed by atoms with Crippen molar-refractivity contribution in [3.8, 4) is 5.75 Å². The van der Waals surface area contributed by atoms with E-state index in [0.717, 1.165) is 10.6 Å². The zero-order valence-electron chi connectivity index (χ0n) is 17.0. The molecule has 4 rings (SSSR count). The van der Waals surface area contributed by atoms with Gasteiger partial charge in [-0.05, 0) is 35.9 Å². The van der Waals surface area contributed by atoms with Crippen LogP contribution in [0, 0.1) is 0 Å². The summed E-state index contributed by atoms with van der Waals surface area (Å²) in [7, 11) is 0. The Balaban J connectivity index is 1.30. The van der Waals surface area contributed by atoms with Gasteiger partial charge in [-0.25, -0.2) is 0 Å². The molecule has 3 aromatic rings. The fourth-order valence-corrected chi connectivity index (χ4v) is 5.10. The van der Waals surface area contributed by atoms with Crippen LogP contribution < -0.4 is 10.1 Å². The number of benzene rings is 1. The van der Waals surface area contributed by atoms with Crippen molar-refractivity contribution in [1.82, 2.24) is 15.1 Å². The second-order valence-electron chi connectivity index (χ2n) is 6.69. The summed E-state index contributed by atoms with van der Waals surface area (Å²) in [6, 6.07) is 10.6. The number of nitrogens with one attached hydrogen (secondary N) is 1. The van der Waals surface area contributed by atoms with Gasteiger partial charge >= 0.3 is 0 Å². The van der Waals surface area contributed by atoms with Crippen molar-refractivity contribution in [3.63, 3.8) is 0 Å². The fourth-order valence-electron chi connectivity index (χ4n) is 2.80. The van der Waals surface area contributed by atoms with Gasteiger partial charge in [-0.1, -0.05) is 47.4 Å². The molecule has 2 amide bonds. The van der Waals surface area contributed by atoms with Crippen LogP contribution in [0.25, 0.3) is 6.08 Å². The van der Waals surface area contributed by atoms with E-state index in [1.54, 1.807) is 48.7 Å². The summed E-state index contributed by atoms with van der Waals surface area (Å²) < 4.78 is 11.3. The number of alkyl halides is 1. The number of hydrogen-bond acceptors (Lipinski definition) is 9. The predicted molar refractivity (Wildman–Crippen MR) is 132 cm³/mol. The Bertz CT molecular complexity index is 1180. The SMILES string of the molecule is O=C(COc1ccc(/C=C2\SC(=S)N(Cc3ccco3)C2=O)cc1)Nc1nnc(CCCl)s1. The predicted octanol–water partition coefficient (Wildman–Crippen LogP) is 4.33. The third-order valence-electron chi connectivity index (χ3n) is 4.34. The quantitative estimate of drug-likeness (QED) is 0.253. The van der Waals surface area contributed by atoms with Gasteiger partial charge in [0.05, 0.1) is 17.7 Å². The molecule has 1 saturated heterocycles. The van der Waals surface area contributed by atoms with E-state index in [1.165, 1.54) is 28.0 Å². The zero-order chi connectivity index (χ0) is 23.2. The molecule has 33 heavy (non-hydrogen) atoms. The van der Waals surface area contributed by atoms with Crippen LogP contribution in [0.3, 0.4) is 0 Å². The number of thioether (sulfide) groups is 1. The summed E-state index contributed by atoms with van der Waals surface area (Å²) in [6.07, 6.45) is 3.93. The van der Waals surface area contributed by atoms with Crippen LogP contribution >= 0.6 is 46.9 Å². The Morgan fingerprint density at radius 1 is 1.27 bits per heavy atom. The highest BCUT2D eigenvalue weighted by atomic mass is 35.5. The lowest BCUT2D eigenvalue weighted by molar-refractivity contribution is -0.122. The highest BCUT2D eigenvalue weighted by molar-refractivity contribution is 8.26. The molecule has 0 saturated carbocycles. The van der Waals surface area contributed by atoms with Crippen molar-refractivity contribution in [2.75, 3.05) is 17.8 Å². The van der Waals surface area contributed by atoms with E-state index in [4.69, 9.17) is 33.0 Å². The summed E-state index contributed by atoms with van der Waals surface area (Å²) in [4.78, 5) is 26.8. The zero-order valence-corrected chi connectivity index (χ0v) is 20.2. The normalized spacial score (nSPS) is 14.8. The molecule has 0 bridgehead atoms. The van der Waals surface area contributed by atoms with Gasteiger partial charge in [0.15, 0.2) is 6.61 Å². The average molecular weight is 521 g/mol. The number of carbonyl (C=O) groups is 2. The molecule has 0 unspecified atom stereocenters. The van der Waals surface area contributed by atoms with Crippen LogP contribution in [-0.2, 0) is 22.6 Å². The first-order valence-corrected chi connectivity index (χ1v) is 12.3. The molecule has 12 heteroatoms. The van der Waals surface area contributed by atoms with Crippen molar-refractivity contribution in [2.24, 2.45) is 0 Å². The summed E-state index contributed by atoms with van der Waals surface area (Å²) in [5, 5.41) is 11.6. The number of rotatable bonds is 9. The second-order valence-corrected chi connectivity index (χ2v) is 9.81. The van der Waals surface area contributed by atoms with Crippen LogP contribution in [0.4, 0.5) is 5.13 Å². The summed E-state index contributed by atoms with van der Waals surface area (Å²) in [6.45, 7) is 0.129. The Morgan fingerprint density at radius 3 is 2.82 bits per heavy atom. The number of furan rings is 1. The van der Waals surface area contributed by atoms with Crippen LogP contribution in [0.5, 0.6) is 5.75 Å². The van der Waals surface area contributed by atoms with E-state index in [-0.39, 0.29) is 18.4 Å². The van der Waals surface area contributed by atoms with Gasteiger partial charge in [0.2, 0.25) is 5.13 Å². The molecule has 1 aromatic carbocycles. The van der Waals surface area contributed by atoms with Crippen molar-refractivity contribution < 1.29 is 18.7 Å². The van der Waals surface area contributed by atoms with Crippen LogP contribution in [0.2, 0.25) is 0 Å². The standard InChI is InChI=1S/C21H17ClN4O4S3/c22-8-7-18-24-25-20(33-18)23-17(27)12-30-14-5-3-13(4-6-14)10-16-19(28)26(21(31)32-16)11-15-2-1-9-29-15/h1-6,9-10H,7-8,11-12H2,(H,23,25,27)/b16-10-. The molecule has 1 aliphatic heterocycles. The van der Waals surface area contributed by atoms with E-state index in [1.807, 2.05) is 0 Å². The maximum absolute atomic E-state index is 12.7. The molecule has 0 aliphatic carbocycles. The molecule has 2 aromatic heterocycles. The number of amides is 2. The molecule has 1 N–H and O–H groups in total. The first-order chi connectivity index (χ1) is 16.0. The molecule has 0 radical (unpaired) electrons. The maximum atomic E-state index is 12.7. The van der Waals surface area contributed by atoms with Crippen LogP contribution in [0.1, 0.15) is 16.3 Å². The molecule has 1 aliphatic rings. The van der Waals surface area contributed by atoms with Crippen molar-refractivity contribution in [1.29, 1.82) is 0 Å². The van der Waals surface area contributed by atoms with E-state index >= 15 is 0 Å². The third-order valence-corrected chi connectivity index (χ3v) is 6.80. The van der Waals surface area contributed by atoms with E-state index in [0.29, 0.717) is 44.7 Å². The van der Waals surface area contributed by atoms with Gasteiger partial charge in [-0.2, -0.15) is 0 Å². The molecule has 0 spiro atoms. The molecule has 3 heterocycles. The molecular formula is C21H17ClN4O4S3. The lowest BCUT2D eigenvalue weighted by Gasteiger charge is -2.11. The van der Waals surface area contributed by atoms with Gasteiger partial charge in [-0.15, -0.1) is 21.8 Å². The molecule has 8 nitrogen and oxygen atoms in total. The molecule has 170 valence electrons. The topological polar surface area (TPSA) is 97.6 Å². The maximum Gasteiger partial charge on any atom is 0.266 e. The summed E-state index contributed by atoms with van der Waals surface area (Å²) in [5.74, 6) is 1.13. The number of thiocarbonyl (C=S) groups is 1. The number of nitrogens with zero attached hydrogens (tertiary/aromatic N) is 3. The molecular weight excluding hydrogens is 504 g/mol. The minimum absolute atomic E-state index is 0.163. The number of ether oxygens (including phenoxy) is 1. The lowest BCUT2D eigenvalue weighted by Crippen LogP contribution is -2.27. The Kier molecular flexibility index (Phi) is 7.76. The Hall–Kier alpha value is -2.73. The number of anilines is 1. The Morgan fingerprint density at radius 2 is 2.09 bits per heavy atom. The Labute approximate surface area is 208 Å². The smallest absolute Gasteiger partial charge is 0.266 e. The summed E-state index contributed by atoms with van der Waals surface area (Å²) in [5.41, 5.74) is 0.811. The third kappa shape index (κ3) is 6.20. The van der Waals surface area contributed by atoms with Crippen molar-refractivity contribution >= 4 is 74.3 Å². The number of carbonyl (C=O) groups excluding carboxylic acids is 2. The minimum atomic E-state index is -0.340. The first-order valence-electron chi connectivity index (χ1n) is 9.70. The lowest BCUT2D eigenvalue weighted by atomic mass is 10.2. The fraction of sp³-hybridized carbons (Fsp3) is 0.190. The van der Waals surface area contributed by atoms with E-state index in [9.17, 15) is 9.59 Å². The molecule has 0 atom stereocenters. The number of aryl methyl sites for hydroxylation is 1. The largest absolute Gasteiger partial charge is 0.484 e. The average Bonchev–Trinajstić information content (AvgIpc) is 3.53. The van der Waals surface area contributed by atoms with E-state index < -0.39 is 0 Å². The van der Waals surface area contributed by atoms with Crippen molar-refractivity contribution in [2.45, 2.75) is 13.0 Å². The number of aromatic nitrogens is 2. The second kappa shape index (κ2) is 10.9. The highest BCUT2D eigenvalue weighted by Gasteiger charge is 2.32. The highest BCUT2D eigenvalue weighted by Crippen LogP contribution is 2.33. The van der Waals surface area contributed by atoms with Gasteiger partial charge in [0.25, 0.3) is 11.8 Å². The minimum Gasteiger partial charge on any atom is -0.484 e. The van der Waals surface area contributed by atoms with Gasteiger partial charge in [-0.3, -0.25) is 19.8 Å². The van der Waals surface area contributed by atoms with Gasteiger partial charge < -0.3 is 9.15 Å². The van der Waals surface area contributed by atoms with Gasteiger partial charge in [0.1, 0.15) is 20.8 Å². The first kappa shape index (κ1) is 23.4.